The van der Waals surface area contributed by atoms with Crippen LogP contribution in [0.2, 0.25) is 0 Å². The molecule has 0 saturated carbocycles. The molecule has 22 heavy (non-hydrogen) atoms. The van der Waals surface area contributed by atoms with E-state index in [1.807, 2.05) is 0 Å². The van der Waals surface area contributed by atoms with Gasteiger partial charge in [-0.05, 0) is 0 Å². The van der Waals surface area contributed by atoms with Gasteiger partial charge >= 0.3 is 144 Å². The molecule has 0 aromatic rings. The van der Waals surface area contributed by atoms with Crippen LogP contribution in [0.5, 0.6) is 0 Å². The summed E-state index contributed by atoms with van der Waals surface area (Å²) in [6, 6.07) is 1.38. The molecule has 0 N–H and O–H groups in total. The van der Waals surface area contributed by atoms with Crippen LogP contribution in [0.4, 0.5) is 0 Å². The molecule has 0 fully saturated rings. The Morgan fingerprint density at radius 3 is 0.727 bits per heavy atom. The Morgan fingerprint density at radius 1 is 0.500 bits per heavy atom. The van der Waals surface area contributed by atoms with Crippen LogP contribution in [-0.4, -0.2) is 71.0 Å². The van der Waals surface area contributed by atoms with Gasteiger partial charge in [0.25, 0.3) is 0 Å². The summed E-state index contributed by atoms with van der Waals surface area (Å²) in [7, 11) is 8.69. The molecule has 0 aliphatic heterocycles. The molecular formula is C16H40ClN4P. The molecule has 0 aliphatic carbocycles. The van der Waals surface area contributed by atoms with Gasteiger partial charge in [0.15, 0.2) is 0 Å². The fraction of sp³-hybridized carbons (Fsp3) is 1.00. The number of halogens is 1. The molecule has 0 amide bonds. The third kappa shape index (κ3) is 3.34. The van der Waals surface area contributed by atoms with Gasteiger partial charge in [0.05, 0.1) is 0 Å². The van der Waals surface area contributed by atoms with E-state index in [4.69, 9.17) is 11.2 Å². The summed E-state index contributed by atoms with van der Waals surface area (Å²) >= 11 is 7.81. The number of hydrogen-bond donors (Lipinski definition) is 0. The normalized spacial score (nSPS) is 16.1. The summed E-state index contributed by atoms with van der Waals surface area (Å²) in [6.07, 6.45) is 0. The molecule has 0 unspecified atom stereocenters. The first-order valence-electron chi connectivity index (χ1n) is 8.41. The first-order chi connectivity index (χ1) is 9.74. The predicted octanol–water partition coefficient (Wildman–Crippen LogP) is 4.71. The molecule has 4 nitrogen and oxygen atoms in total. The van der Waals surface area contributed by atoms with Crippen molar-refractivity contribution >= 4 is 17.8 Å². The second-order valence-electron chi connectivity index (χ2n) is 7.51. The quantitative estimate of drug-likeness (QED) is 0.585. The first kappa shape index (κ1) is 22.6. The summed E-state index contributed by atoms with van der Waals surface area (Å²) in [6.45, 7) is 14.6. The van der Waals surface area contributed by atoms with Crippen LogP contribution in [0.15, 0.2) is 0 Å². The third-order valence-corrected chi connectivity index (χ3v) is 14.2. The predicted molar refractivity (Wildman–Crippen MR) is 104 cm³/mol. The molecule has 0 saturated heterocycles. The van der Waals surface area contributed by atoms with E-state index >= 15 is 0 Å². The van der Waals surface area contributed by atoms with Crippen LogP contribution in [0.1, 0.15) is 55.4 Å². The molecule has 6 heteroatoms. The molecule has 0 rings (SSSR count). The van der Waals surface area contributed by atoms with Crippen LogP contribution < -0.4 is 0 Å². The van der Waals surface area contributed by atoms with Gasteiger partial charge in [0.1, 0.15) is 0 Å². The Labute approximate surface area is 144 Å². The summed E-state index contributed by atoms with van der Waals surface area (Å²) in [5.41, 5.74) is 0. The summed E-state index contributed by atoms with van der Waals surface area (Å²) in [5.74, 6) is 0. The van der Waals surface area contributed by atoms with Crippen molar-refractivity contribution in [1.82, 2.24) is 18.7 Å². The summed E-state index contributed by atoms with van der Waals surface area (Å²) < 4.78 is 9.58. The standard InChI is InChI=1S/C16H40ClN4P/c1-13(2)18(9)22(17,19(10)14(3)4,20(11)15(5)6)21(12)16(7)8/h13-16H,1-12H3. The van der Waals surface area contributed by atoms with Crippen molar-refractivity contribution in [2.24, 2.45) is 0 Å². The zero-order chi connectivity index (χ0) is 18.1. The molecule has 0 aromatic carbocycles. The minimum atomic E-state index is -3.16. The van der Waals surface area contributed by atoms with E-state index in [9.17, 15) is 0 Å². The molecular weight excluding hydrogens is 315 g/mol. The van der Waals surface area contributed by atoms with Gasteiger partial charge in [-0.15, -0.1) is 0 Å². The molecule has 0 radical (unpaired) electrons. The second kappa shape index (κ2) is 7.63. The van der Waals surface area contributed by atoms with Crippen molar-refractivity contribution in [3.63, 3.8) is 0 Å². The van der Waals surface area contributed by atoms with E-state index in [-0.39, 0.29) is 0 Å². The monoisotopic (exact) mass is 354 g/mol. The van der Waals surface area contributed by atoms with Crippen LogP contribution in [-0.2, 0) is 0 Å². The van der Waals surface area contributed by atoms with Crippen LogP contribution in [0, 0.1) is 0 Å². The Hall–Kier alpha value is 0.560. The van der Waals surface area contributed by atoms with Crippen LogP contribution in [0.3, 0.4) is 0 Å². The van der Waals surface area contributed by atoms with Crippen LogP contribution in [0.25, 0.3) is 0 Å². The molecule has 0 aliphatic rings. The van der Waals surface area contributed by atoms with Gasteiger partial charge in [-0.25, -0.2) is 0 Å². The van der Waals surface area contributed by atoms with Gasteiger partial charge in [-0.1, -0.05) is 0 Å². The Bertz CT molecular complexity index is 293. The molecule has 136 valence electrons. The maximum atomic E-state index is 7.81. The van der Waals surface area contributed by atoms with Gasteiger partial charge in [0, 0.05) is 0 Å². The fourth-order valence-corrected chi connectivity index (χ4v) is 10.9. The Balaban J connectivity index is 6.66. The maximum absolute atomic E-state index is 7.81. The average molecular weight is 355 g/mol. The Morgan fingerprint density at radius 2 is 0.636 bits per heavy atom. The zero-order valence-electron chi connectivity index (χ0n) is 16.9. The van der Waals surface area contributed by atoms with Crippen molar-refractivity contribution in [3.05, 3.63) is 0 Å². The van der Waals surface area contributed by atoms with Crippen molar-refractivity contribution in [2.75, 3.05) is 28.2 Å². The van der Waals surface area contributed by atoms with Crippen LogP contribution >= 0.6 is 17.8 Å². The Kier molecular flexibility index (Phi) is 7.82. The zero-order valence-corrected chi connectivity index (χ0v) is 18.6. The van der Waals surface area contributed by atoms with E-state index < -0.39 is 6.56 Å². The van der Waals surface area contributed by atoms with Crippen molar-refractivity contribution in [1.29, 1.82) is 0 Å². The van der Waals surface area contributed by atoms with E-state index in [2.05, 4.69) is 102 Å². The molecule has 0 spiro atoms. The van der Waals surface area contributed by atoms with Gasteiger partial charge in [-0.2, -0.15) is 0 Å². The van der Waals surface area contributed by atoms with Crippen molar-refractivity contribution < 1.29 is 0 Å². The number of nitrogens with zero attached hydrogens (tertiary/aromatic N) is 4. The molecule has 0 aromatic heterocycles. The first-order valence-corrected chi connectivity index (χ1v) is 11.4. The number of hydrogen-bond acceptors (Lipinski definition) is 4. The average Bonchev–Trinajstić information content (AvgIpc) is 2.42. The molecule has 0 atom stereocenters. The van der Waals surface area contributed by atoms with Crippen molar-refractivity contribution in [2.45, 2.75) is 79.6 Å². The molecule has 0 heterocycles. The van der Waals surface area contributed by atoms with Gasteiger partial charge in [0.2, 0.25) is 0 Å². The second-order valence-corrected chi connectivity index (χ2v) is 13.5. The fourth-order valence-electron chi connectivity index (χ4n) is 2.92. The van der Waals surface area contributed by atoms with E-state index in [0.717, 1.165) is 0 Å². The molecule has 0 bridgehead atoms. The van der Waals surface area contributed by atoms with Gasteiger partial charge in [-0.3, -0.25) is 0 Å². The van der Waals surface area contributed by atoms with Gasteiger partial charge < -0.3 is 0 Å². The topological polar surface area (TPSA) is 13.0 Å². The summed E-state index contributed by atoms with van der Waals surface area (Å²) in [5, 5.41) is 0. The number of rotatable bonds is 8. The van der Waals surface area contributed by atoms with E-state index in [1.54, 1.807) is 0 Å². The summed E-state index contributed by atoms with van der Waals surface area (Å²) in [4.78, 5) is 0. The van der Waals surface area contributed by atoms with Crippen molar-refractivity contribution in [3.8, 4) is 0 Å². The van der Waals surface area contributed by atoms with E-state index in [1.165, 1.54) is 0 Å². The van der Waals surface area contributed by atoms with E-state index in [0.29, 0.717) is 24.2 Å². The third-order valence-electron chi connectivity index (χ3n) is 5.16. The minimum absolute atomic E-state index is 0.346. The SMILES string of the molecule is CC(C)N(C)P(Cl)(N(C)C(C)C)(N(C)C(C)C)N(C)C(C)C.